The summed E-state index contributed by atoms with van der Waals surface area (Å²) < 4.78 is 38.9. The van der Waals surface area contributed by atoms with Gasteiger partial charge in [0, 0.05) is 4.88 Å². The summed E-state index contributed by atoms with van der Waals surface area (Å²) >= 11 is 2.48. The molecule has 0 aliphatic carbocycles. The molecule has 3 rings (SSSR count). The molecule has 0 aliphatic rings. The van der Waals surface area contributed by atoms with E-state index in [4.69, 9.17) is 0 Å². The standard InChI is InChI=1S/C19H13F3N2O3S2/c20-19(21,22)12-4-1-2-5-13(12)24-18(27)17(26)23-10-11-7-8-15(29-11)16(25)14-6-3-9-28-14/h1-9H,10H2,(H,23,26)(H,24,27). The molecule has 2 heterocycles. The lowest BCUT2D eigenvalue weighted by molar-refractivity contribution is -0.138. The number of para-hydroxylation sites is 1. The van der Waals surface area contributed by atoms with Gasteiger partial charge in [0.1, 0.15) is 0 Å². The molecule has 0 spiro atoms. The molecule has 0 aliphatic heterocycles. The summed E-state index contributed by atoms with van der Waals surface area (Å²) in [6, 6.07) is 11.1. The fraction of sp³-hybridized carbons (Fsp3) is 0.105. The summed E-state index contributed by atoms with van der Waals surface area (Å²) in [6.07, 6.45) is -4.66. The van der Waals surface area contributed by atoms with Gasteiger partial charge in [-0.05, 0) is 35.7 Å². The third-order valence-corrected chi connectivity index (χ3v) is 5.69. The highest BCUT2D eigenvalue weighted by Crippen LogP contribution is 2.34. The van der Waals surface area contributed by atoms with Crippen molar-refractivity contribution in [2.75, 3.05) is 5.32 Å². The summed E-state index contributed by atoms with van der Waals surface area (Å²) in [5.74, 6) is -2.43. The predicted octanol–water partition coefficient (Wildman–Crippen LogP) is 4.31. The predicted molar refractivity (Wildman–Crippen MR) is 104 cm³/mol. The van der Waals surface area contributed by atoms with Gasteiger partial charge >= 0.3 is 18.0 Å². The molecule has 0 unspecified atom stereocenters. The van der Waals surface area contributed by atoms with Crippen LogP contribution in [0.5, 0.6) is 0 Å². The summed E-state index contributed by atoms with van der Waals surface area (Å²) in [6.45, 7) is -0.0322. The van der Waals surface area contributed by atoms with Gasteiger partial charge in [-0.15, -0.1) is 22.7 Å². The monoisotopic (exact) mass is 438 g/mol. The Balaban J connectivity index is 1.59. The molecule has 1 aromatic carbocycles. The summed E-state index contributed by atoms with van der Waals surface area (Å²) in [5.41, 5.74) is -1.55. The lowest BCUT2D eigenvalue weighted by atomic mass is 10.1. The second-order valence-corrected chi connectivity index (χ2v) is 7.87. The fourth-order valence-electron chi connectivity index (χ4n) is 2.39. The van der Waals surface area contributed by atoms with Crippen molar-refractivity contribution in [1.82, 2.24) is 5.32 Å². The van der Waals surface area contributed by atoms with Crippen LogP contribution in [0.4, 0.5) is 18.9 Å². The van der Waals surface area contributed by atoms with Crippen LogP contribution < -0.4 is 10.6 Å². The van der Waals surface area contributed by atoms with Gasteiger partial charge in [-0.3, -0.25) is 14.4 Å². The summed E-state index contributed by atoms with van der Waals surface area (Å²) in [7, 11) is 0. The number of carbonyl (C=O) groups is 3. The quantitative estimate of drug-likeness (QED) is 0.460. The van der Waals surface area contributed by atoms with Gasteiger partial charge < -0.3 is 10.6 Å². The smallest absolute Gasteiger partial charge is 0.343 e. The minimum atomic E-state index is -4.66. The van der Waals surface area contributed by atoms with E-state index in [0.29, 0.717) is 14.6 Å². The number of alkyl halides is 3. The molecule has 0 atom stereocenters. The number of hydrogen-bond donors (Lipinski definition) is 2. The van der Waals surface area contributed by atoms with E-state index < -0.39 is 29.2 Å². The highest BCUT2D eigenvalue weighted by molar-refractivity contribution is 7.16. The van der Waals surface area contributed by atoms with Crippen LogP contribution in [0.1, 0.15) is 25.0 Å². The Morgan fingerprint density at radius 2 is 1.66 bits per heavy atom. The topological polar surface area (TPSA) is 75.3 Å². The van der Waals surface area contributed by atoms with E-state index in [1.165, 1.54) is 23.5 Å². The Morgan fingerprint density at radius 3 is 2.34 bits per heavy atom. The number of anilines is 1. The Morgan fingerprint density at radius 1 is 0.897 bits per heavy atom. The molecule has 0 saturated carbocycles. The maximum atomic E-state index is 13.0. The molecule has 0 radical (unpaired) electrons. The second kappa shape index (κ2) is 8.58. The van der Waals surface area contributed by atoms with Gasteiger partial charge in [0.05, 0.1) is 27.5 Å². The number of amides is 2. The minimum Gasteiger partial charge on any atom is -0.343 e. The zero-order chi connectivity index (χ0) is 21.0. The van der Waals surface area contributed by atoms with E-state index in [0.717, 1.165) is 23.5 Å². The van der Waals surface area contributed by atoms with Crippen LogP contribution in [0.25, 0.3) is 0 Å². The molecule has 3 aromatic rings. The first kappa shape index (κ1) is 20.7. The zero-order valence-electron chi connectivity index (χ0n) is 14.6. The highest BCUT2D eigenvalue weighted by Gasteiger charge is 2.34. The number of ketones is 1. The van der Waals surface area contributed by atoms with E-state index in [-0.39, 0.29) is 12.3 Å². The van der Waals surface area contributed by atoms with Gasteiger partial charge in [0.15, 0.2) is 0 Å². The molecular weight excluding hydrogens is 425 g/mol. The number of benzene rings is 1. The Hall–Kier alpha value is -2.98. The van der Waals surface area contributed by atoms with E-state index in [9.17, 15) is 27.6 Å². The van der Waals surface area contributed by atoms with Crippen LogP contribution in [-0.4, -0.2) is 17.6 Å². The Bertz CT molecular complexity index is 1040. The van der Waals surface area contributed by atoms with Crippen molar-refractivity contribution in [2.45, 2.75) is 12.7 Å². The zero-order valence-corrected chi connectivity index (χ0v) is 16.2. The van der Waals surface area contributed by atoms with E-state index in [1.807, 2.05) is 5.32 Å². The van der Waals surface area contributed by atoms with Crippen LogP contribution >= 0.6 is 22.7 Å². The molecule has 29 heavy (non-hydrogen) atoms. The fourth-order valence-corrected chi connectivity index (χ4v) is 4.03. The molecule has 150 valence electrons. The van der Waals surface area contributed by atoms with Crippen LogP contribution in [0.15, 0.2) is 53.9 Å². The van der Waals surface area contributed by atoms with Crippen LogP contribution in [0.2, 0.25) is 0 Å². The largest absolute Gasteiger partial charge is 0.418 e. The van der Waals surface area contributed by atoms with Gasteiger partial charge in [0.25, 0.3) is 0 Å². The molecule has 10 heteroatoms. The molecule has 5 nitrogen and oxygen atoms in total. The van der Waals surface area contributed by atoms with Crippen LogP contribution in [-0.2, 0) is 22.3 Å². The van der Waals surface area contributed by atoms with Gasteiger partial charge in [-0.2, -0.15) is 13.2 Å². The SMILES string of the molecule is O=C(NCc1ccc(C(=O)c2cccs2)s1)C(=O)Nc1ccccc1C(F)(F)F. The first-order chi connectivity index (χ1) is 13.8. The summed E-state index contributed by atoms with van der Waals surface area (Å²) in [4.78, 5) is 37.8. The Kier molecular flexibility index (Phi) is 6.14. The minimum absolute atomic E-state index is 0.0322. The lowest BCUT2D eigenvalue weighted by Gasteiger charge is -2.13. The van der Waals surface area contributed by atoms with Crippen molar-refractivity contribution >= 4 is 46.0 Å². The van der Waals surface area contributed by atoms with Crippen LogP contribution in [0.3, 0.4) is 0 Å². The van der Waals surface area contributed by atoms with E-state index in [2.05, 4.69) is 5.32 Å². The molecular formula is C19H13F3N2O3S2. The average molecular weight is 438 g/mol. The number of halogens is 3. The van der Waals surface area contributed by atoms with Crippen molar-refractivity contribution in [1.29, 1.82) is 0 Å². The highest BCUT2D eigenvalue weighted by atomic mass is 32.1. The molecule has 2 aromatic heterocycles. The van der Waals surface area contributed by atoms with Crippen LogP contribution in [0, 0.1) is 0 Å². The third-order valence-electron chi connectivity index (χ3n) is 3.74. The van der Waals surface area contributed by atoms with E-state index >= 15 is 0 Å². The number of hydrogen-bond acceptors (Lipinski definition) is 5. The molecule has 2 N–H and O–H groups in total. The first-order valence-electron chi connectivity index (χ1n) is 8.18. The van der Waals surface area contributed by atoms with Gasteiger partial charge in [0.2, 0.25) is 5.78 Å². The molecule has 0 saturated heterocycles. The summed E-state index contributed by atoms with van der Waals surface area (Å²) in [5, 5.41) is 6.10. The van der Waals surface area contributed by atoms with Crippen molar-refractivity contribution < 1.29 is 27.6 Å². The number of rotatable bonds is 5. The van der Waals surface area contributed by atoms with Crippen molar-refractivity contribution in [3.05, 3.63) is 74.1 Å². The normalized spacial score (nSPS) is 11.1. The van der Waals surface area contributed by atoms with Crippen molar-refractivity contribution in [2.24, 2.45) is 0 Å². The second-order valence-electron chi connectivity index (χ2n) is 5.75. The average Bonchev–Trinajstić information content (AvgIpc) is 3.37. The molecule has 0 bridgehead atoms. The lowest BCUT2D eigenvalue weighted by Crippen LogP contribution is -2.35. The Labute approximate surface area is 171 Å². The molecule has 0 fully saturated rings. The third kappa shape index (κ3) is 5.09. The maximum absolute atomic E-state index is 13.0. The van der Waals surface area contributed by atoms with Crippen molar-refractivity contribution in [3.8, 4) is 0 Å². The van der Waals surface area contributed by atoms with Gasteiger partial charge in [-0.1, -0.05) is 18.2 Å². The maximum Gasteiger partial charge on any atom is 0.418 e. The van der Waals surface area contributed by atoms with Gasteiger partial charge in [-0.25, -0.2) is 0 Å². The first-order valence-corrected chi connectivity index (χ1v) is 9.87. The number of carbonyl (C=O) groups excluding carboxylic acids is 3. The van der Waals surface area contributed by atoms with E-state index in [1.54, 1.807) is 29.6 Å². The van der Waals surface area contributed by atoms with Crippen molar-refractivity contribution in [3.63, 3.8) is 0 Å². The number of thiophene rings is 2. The molecule has 2 amide bonds. The number of nitrogens with one attached hydrogen (secondary N) is 2.